The SMILES string of the molecule is Cc1ccc(OCc2nc(-c3ccccc3Cl)n[nH]2)cc1. The van der Waals surface area contributed by atoms with Crippen molar-refractivity contribution in [2.45, 2.75) is 13.5 Å². The maximum Gasteiger partial charge on any atom is 0.182 e. The Hall–Kier alpha value is -2.33. The largest absolute Gasteiger partial charge is 0.486 e. The van der Waals surface area contributed by atoms with E-state index < -0.39 is 0 Å². The number of benzene rings is 2. The zero-order chi connectivity index (χ0) is 14.7. The number of H-pyrrole nitrogens is 1. The van der Waals surface area contributed by atoms with Crippen molar-refractivity contribution in [3.8, 4) is 17.1 Å². The summed E-state index contributed by atoms with van der Waals surface area (Å²) in [5.41, 5.74) is 2.00. The summed E-state index contributed by atoms with van der Waals surface area (Å²) in [6, 6.07) is 15.4. The van der Waals surface area contributed by atoms with Crippen LogP contribution in [0.25, 0.3) is 11.4 Å². The van der Waals surface area contributed by atoms with E-state index in [2.05, 4.69) is 15.2 Å². The van der Waals surface area contributed by atoms with Crippen LogP contribution in [-0.4, -0.2) is 15.2 Å². The molecule has 0 atom stereocenters. The molecule has 0 unspecified atom stereocenters. The molecule has 0 bridgehead atoms. The summed E-state index contributed by atoms with van der Waals surface area (Å²) in [4.78, 5) is 4.40. The van der Waals surface area contributed by atoms with Gasteiger partial charge in [-0.25, -0.2) is 4.98 Å². The van der Waals surface area contributed by atoms with Crippen LogP contribution in [0.5, 0.6) is 5.75 Å². The predicted octanol–water partition coefficient (Wildman–Crippen LogP) is 4.01. The molecule has 3 aromatic rings. The number of ether oxygens (including phenoxy) is 1. The van der Waals surface area contributed by atoms with Gasteiger partial charge in [-0.2, -0.15) is 5.10 Å². The molecule has 0 fully saturated rings. The fourth-order valence-electron chi connectivity index (χ4n) is 1.91. The lowest BCUT2D eigenvalue weighted by atomic mass is 10.2. The number of hydrogen-bond donors (Lipinski definition) is 1. The zero-order valence-corrected chi connectivity index (χ0v) is 12.3. The molecule has 2 aromatic carbocycles. The lowest BCUT2D eigenvalue weighted by Crippen LogP contribution is -1.97. The van der Waals surface area contributed by atoms with Crippen molar-refractivity contribution >= 4 is 11.6 Å². The van der Waals surface area contributed by atoms with Crippen LogP contribution in [0.2, 0.25) is 5.02 Å². The van der Waals surface area contributed by atoms with Gasteiger partial charge in [0.2, 0.25) is 0 Å². The van der Waals surface area contributed by atoms with Gasteiger partial charge in [0.1, 0.15) is 12.4 Å². The van der Waals surface area contributed by atoms with E-state index in [0.29, 0.717) is 23.3 Å². The Kier molecular flexibility index (Phi) is 3.88. The first-order chi connectivity index (χ1) is 10.2. The Balaban J connectivity index is 1.71. The molecule has 4 nitrogen and oxygen atoms in total. The van der Waals surface area contributed by atoms with Gasteiger partial charge < -0.3 is 4.74 Å². The number of aromatic amines is 1. The molecule has 1 heterocycles. The van der Waals surface area contributed by atoms with E-state index in [-0.39, 0.29) is 0 Å². The maximum absolute atomic E-state index is 6.13. The van der Waals surface area contributed by atoms with Crippen LogP contribution in [0.1, 0.15) is 11.4 Å². The number of aryl methyl sites for hydroxylation is 1. The van der Waals surface area contributed by atoms with Crippen molar-refractivity contribution in [2.75, 3.05) is 0 Å². The molecular formula is C16H14ClN3O. The third kappa shape index (κ3) is 3.23. The fourth-order valence-corrected chi connectivity index (χ4v) is 2.13. The molecule has 3 rings (SSSR count). The topological polar surface area (TPSA) is 50.8 Å². The number of nitrogens with zero attached hydrogens (tertiary/aromatic N) is 2. The first-order valence-electron chi connectivity index (χ1n) is 6.58. The highest BCUT2D eigenvalue weighted by Crippen LogP contribution is 2.24. The summed E-state index contributed by atoms with van der Waals surface area (Å²) in [6.45, 7) is 2.37. The summed E-state index contributed by atoms with van der Waals surface area (Å²) in [7, 11) is 0. The molecule has 0 radical (unpaired) electrons. The second-order valence-corrected chi connectivity index (χ2v) is 5.09. The number of aromatic nitrogens is 3. The zero-order valence-electron chi connectivity index (χ0n) is 11.5. The highest BCUT2D eigenvalue weighted by Gasteiger charge is 2.09. The quantitative estimate of drug-likeness (QED) is 0.792. The third-order valence-corrected chi connectivity index (χ3v) is 3.37. The standard InChI is InChI=1S/C16H14ClN3O/c1-11-6-8-12(9-7-11)21-10-15-18-16(20-19-15)13-4-2-3-5-14(13)17/h2-9H,10H2,1H3,(H,18,19,20). The molecule has 0 saturated heterocycles. The second kappa shape index (κ2) is 5.97. The van der Waals surface area contributed by atoms with Crippen molar-refractivity contribution in [3.05, 3.63) is 64.9 Å². The van der Waals surface area contributed by atoms with E-state index in [1.807, 2.05) is 55.5 Å². The number of nitrogens with one attached hydrogen (secondary N) is 1. The smallest absolute Gasteiger partial charge is 0.182 e. The Bertz CT molecular complexity index is 737. The highest BCUT2D eigenvalue weighted by molar-refractivity contribution is 6.33. The van der Waals surface area contributed by atoms with E-state index in [9.17, 15) is 0 Å². The van der Waals surface area contributed by atoms with Crippen LogP contribution >= 0.6 is 11.6 Å². The molecule has 1 aromatic heterocycles. The Labute approximate surface area is 127 Å². The summed E-state index contributed by atoms with van der Waals surface area (Å²) < 4.78 is 5.66. The van der Waals surface area contributed by atoms with Gasteiger partial charge in [-0.1, -0.05) is 41.4 Å². The Morgan fingerprint density at radius 2 is 1.86 bits per heavy atom. The second-order valence-electron chi connectivity index (χ2n) is 4.69. The minimum Gasteiger partial charge on any atom is -0.486 e. The Morgan fingerprint density at radius 3 is 2.62 bits per heavy atom. The molecular weight excluding hydrogens is 286 g/mol. The molecule has 0 aliphatic heterocycles. The van der Waals surface area contributed by atoms with Gasteiger partial charge in [0.25, 0.3) is 0 Å². The van der Waals surface area contributed by atoms with Crippen LogP contribution in [0.4, 0.5) is 0 Å². The third-order valence-electron chi connectivity index (χ3n) is 3.04. The van der Waals surface area contributed by atoms with Gasteiger partial charge >= 0.3 is 0 Å². The van der Waals surface area contributed by atoms with Crippen LogP contribution in [0, 0.1) is 6.92 Å². The molecule has 106 valence electrons. The fraction of sp³-hybridized carbons (Fsp3) is 0.125. The molecule has 5 heteroatoms. The number of hydrogen-bond acceptors (Lipinski definition) is 3. The van der Waals surface area contributed by atoms with Gasteiger partial charge in [-0.3, -0.25) is 5.10 Å². The number of halogens is 1. The normalized spacial score (nSPS) is 10.6. The van der Waals surface area contributed by atoms with Gasteiger partial charge in [0.15, 0.2) is 11.6 Å². The van der Waals surface area contributed by atoms with Gasteiger partial charge in [-0.05, 0) is 31.2 Å². The first kappa shape index (κ1) is 13.6. The predicted molar refractivity (Wildman–Crippen MR) is 82.3 cm³/mol. The van der Waals surface area contributed by atoms with E-state index >= 15 is 0 Å². The van der Waals surface area contributed by atoms with Gasteiger partial charge in [-0.15, -0.1) is 0 Å². The minimum absolute atomic E-state index is 0.334. The van der Waals surface area contributed by atoms with Crippen LogP contribution < -0.4 is 4.74 Å². The van der Waals surface area contributed by atoms with Crippen molar-refractivity contribution in [2.24, 2.45) is 0 Å². The summed E-state index contributed by atoms with van der Waals surface area (Å²) in [5.74, 6) is 2.03. The average Bonchev–Trinajstić information content (AvgIpc) is 2.96. The van der Waals surface area contributed by atoms with E-state index in [1.165, 1.54) is 5.56 Å². The Morgan fingerprint density at radius 1 is 1.10 bits per heavy atom. The average molecular weight is 300 g/mol. The molecule has 0 spiro atoms. The molecule has 21 heavy (non-hydrogen) atoms. The molecule has 1 N–H and O–H groups in total. The van der Waals surface area contributed by atoms with E-state index in [4.69, 9.17) is 16.3 Å². The monoisotopic (exact) mass is 299 g/mol. The lowest BCUT2D eigenvalue weighted by molar-refractivity contribution is 0.296. The van der Waals surface area contributed by atoms with Crippen LogP contribution in [-0.2, 0) is 6.61 Å². The summed E-state index contributed by atoms with van der Waals surface area (Å²) in [6.07, 6.45) is 0. The first-order valence-corrected chi connectivity index (χ1v) is 6.96. The van der Waals surface area contributed by atoms with Crippen LogP contribution in [0.3, 0.4) is 0 Å². The molecule has 0 amide bonds. The van der Waals surface area contributed by atoms with Crippen molar-refractivity contribution in [1.82, 2.24) is 15.2 Å². The van der Waals surface area contributed by atoms with E-state index in [1.54, 1.807) is 0 Å². The molecule has 0 aliphatic carbocycles. The van der Waals surface area contributed by atoms with Crippen molar-refractivity contribution < 1.29 is 4.74 Å². The van der Waals surface area contributed by atoms with E-state index in [0.717, 1.165) is 11.3 Å². The van der Waals surface area contributed by atoms with Gasteiger partial charge in [0.05, 0.1) is 5.02 Å². The lowest BCUT2D eigenvalue weighted by Gasteiger charge is -2.03. The summed E-state index contributed by atoms with van der Waals surface area (Å²) >= 11 is 6.13. The van der Waals surface area contributed by atoms with Crippen molar-refractivity contribution in [1.29, 1.82) is 0 Å². The minimum atomic E-state index is 0.334. The maximum atomic E-state index is 6.13. The number of rotatable bonds is 4. The van der Waals surface area contributed by atoms with Gasteiger partial charge in [0, 0.05) is 5.56 Å². The molecule has 0 aliphatic rings. The highest BCUT2D eigenvalue weighted by atomic mass is 35.5. The van der Waals surface area contributed by atoms with Crippen LogP contribution in [0.15, 0.2) is 48.5 Å². The van der Waals surface area contributed by atoms with Crippen molar-refractivity contribution in [3.63, 3.8) is 0 Å². The molecule has 0 saturated carbocycles. The summed E-state index contributed by atoms with van der Waals surface area (Å²) in [5, 5.41) is 7.67.